The van der Waals surface area contributed by atoms with E-state index in [0.717, 1.165) is 45.5 Å². The molecule has 2 aliphatic heterocycles. The highest BCUT2D eigenvalue weighted by Gasteiger charge is 2.30. The van der Waals surface area contributed by atoms with Gasteiger partial charge in [0.25, 0.3) is 0 Å². The van der Waals surface area contributed by atoms with Crippen LogP contribution in [0.5, 0.6) is 23.0 Å². The summed E-state index contributed by atoms with van der Waals surface area (Å²) in [5.41, 5.74) is 3.80. The summed E-state index contributed by atoms with van der Waals surface area (Å²) in [6.07, 6.45) is -0.751. The summed E-state index contributed by atoms with van der Waals surface area (Å²) in [6.45, 7) is 5.03. The van der Waals surface area contributed by atoms with Crippen LogP contribution < -0.4 is 28.7 Å². The van der Waals surface area contributed by atoms with Crippen LogP contribution in [0.2, 0.25) is 0 Å². The molecule has 53 heavy (non-hydrogen) atoms. The smallest absolute Gasteiger partial charge is 0.225 e. The number of rotatable bonds is 14. The maximum absolute atomic E-state index is 13.9. The predicted octanol–water partition coefficient (Wildman–Crippen LogP) is 6.00. The Morgan fingerprint density at radius 2 is 0.811 bits per heavy atom. The van der Waals surface area contributed by atoms with Crippen LogP contribution in [0.3, 0.4) is 0 Å². The van der Waals surface area contributed by atoms with E-state index in [9.17, 15) is 9.59 Å². The molecule has 0 bridgehead atoms. The molecule has 0 N–H and O–H groups in total. The van der Waals surface area contributed by atoms with Crippen LogP contribution in [-0.4, -0.2) is 102 Å². The van der Waals surface area contributed by atoms with Crippen LogP contribution in [0.15, 0.2) is 97.1 Å². The number of carbonyl (C=O) groups excluding carboxylic acids is 2. The van der Waals surface area contributed by atoms with Crippen LogP contribution in [0, 0.1) is 0 Å². The molecule has 2 atom stereocenters. The number of amides is 2. The topological polar surface area (TPSA) is 93.2 Å². The lowest BCUT2D eigenvalue weighted by molar-refractivity contribution is -0.139. The van der Waals surface area contributed by atoms with Gasteiger partial charge >= 0.3 is 0 Å². The van der Waals surface area contributed by atoms with Gasteiger partial charge < -0.3 is 43.3 Å². The lowest BCUT2D eigenvalue weighted by Gasteiger charge is -2.38. The summed E-state index contributed by atoms with van der Waals surface area (Å²) in [4.78, 5) is 36.2. The number of nitrogens with zero attached hydrogens (tertiary/aromatic N) is 4. The maximum Gasteiger partial charge on any atom is 0.225 e. The minimum atomic E-state index is -0.540. The van der Waals surface area contributed by atoms with Crippen LogP contribution in [0.1, 0.15) is 36.2 Å². The van der Waals surface area contributed by atoms with E-state index in [4.69, 9.17) is 23.7 Å². The first kappa shape index (κ1) is 37.3. The molecule has 280 valence electrons. The van der Waals surface area contributed by atoms with Crippen LogP contribution in [0.4, 0.5) is 11.4 Å². The fourth-order valence-corrected chi connectivity index (χ4v) is 6.98. The average Bonchev–Trinajstić information content (AvgIpc) is 3.23. The maximum atomic E-state index is 13.9. The van der Waals surface area contributed by atoms with Crippen molar-refractivity contribution in [1.82, 2.24) is 9.80 Å². The van der Waals surface area contributed by atoms with E-state index in [2.05, 4.69) is 9.80 Å². The minimum absolute atomic E-state index is 0.0187. The van der Waals surface area contributed by atoms with Gasteiger partial charge in [-0.1, -0.05) is 60.7 Å². The molecule has 0 saturated carbocycles. The van der Waals surface area contributed by atoms with Gasteiger partial charge in [-0.15, -0.1) is 0 Å². The molecule has 0 aliphatic carbocycles. The Morgan fingerprint density at radius 3 is 1.11 bits per heavy atom. The van der Waals surface area contributed by atoms with Crippen molar-refractivity contribution < 1.29 is 33.3 Å². The molecule has 2 saturated heterocycles. The highest BCUT2D eigenvalue weighted by molar-refractivity contribution is 5.78. The van der Waals surface area contributed by atoms with Gasteiger partial charge in [0, 0.05) is 100 Å². The molecule has 2 amide bonds. The van der Waals surface area contributed by atoms with Crippen molar-refractivity contribution in [3.8, 4) is 23.0 Å². The molecule has 4 aromatic rings. The zero-order chi connectivity index (χ0) is 37.2. The van der Waals surface area contributed by atoms with Crippen LogP contribution in [-0.2, 0) is 14.3 Å². The Balaban J connectivity index is 1.12. The van der Waals surface area contributed by atoms with E-state index in [1.54, 1.807) is 28.4 Å². The predicted molar refractivity (Wildman–Crippen MR) is 205 cm³/mol. The number of carbonyl (C=O) groups is 2. The van der Waals surface area contributed by atoms with Crippen LogP contribution >= 0.6 is 0 Å². The normalized spacial score (nSPS) is 15.8. The number of hydrogen-bond acceptors (Lipinski definition) is 9. The minimum Gasteiger partial charge on any atom is -0.497 e. The summed E-state index contributed by atoms with van der Waals surface area (Å²) < 4.78 is 28.7. The zero-order valence-corrected chi connectivity index (χ0v) is 31.1. The fraction of sp³-hybridized carbons (Fsp3) is 0.381. The molecule has 11 heteroatoms. The van der Waals surface area contributed by atoms with Gasteiger partial charge in [0.2, 0.25) is 11.8 Å². The summed E-state index contributed by atoms with van der Waals surface area (Å²) in [5, 5.41) is 0. The van der Waals surface area contributed by atoms with E-state index in [1.165, 1.54) is 0 Å². The van der Waals surface area contributed by atoms with E-state index < -0.39 is 12.2 Å². The molecular weight excluding hydrogens is 672 g/mol. The third-order valence-corrected chi connectivity index (χ3v) is 10.1. The Labute approximate surface area is 312 Å². The van der Waals surface area contributed by atoms with E-state index in [-0.39, 0.29) is 24.7 Å². The lowest BCUT2D eigenvalue weighted by Crippen LogP contribution is -2.49. The van der Waals surface area contributed by atoms with Gasteiger partial charge in [-0.3, -0.25) is 9.59 Å². The molecule has 2 heterocycles. The molecular formula is C42H50N4O7. The third-order valence-electron chi connectivity index (χ3n) is 10.1. The van der Waals surface area contributed by atoms with E-state index in [1.807, 2.05) is 107 Å². The average molecular weight is 723 g/mol. The lowest BCUT2D eigenvalue weighted by atomic mass is 10.0. The van der Waals surface area contributed by atoms with Crippen molar-refractivity contribution in [2.24, 2.45) is 0 Å². The van der Waals surface area contributed by atoms with Gasteiger partial charge in [0.1, 0.15) is 23.0 Å². The van der Waals surface area contributed by atoms with Gasteiger partial charge in [-0.2, -0.15) is 0 Å². The molecule has 0 aromatic heterocycles. The number of anilines is 2. The van der Waals surface area contributed by atoms with Gasteiger partial charge in [0.05, 0.1) is 53.5 Å². The SMILES string of the molecule is COc1cc(OC)cc(N2CCN(C(=O)CC(OC(CC(=O)N3CCN(c4cc(OC)cc(OC)c4)CC3)c3ccccc3)c3ccccc3)CC2)c1. The van der Waals surface area contributed by atoms with Crippen molar-refractivity contribution in [2.45, 2.75) is 25.0 Å². The highest BCUT2D eigenvalue weighted by Crippen LogP contribution is 2.34. The number of hydrogen-bond donors (Lipinski definition) is 0. The molecule has 0 spiro atoms. The van der Waals surface area contributed by atoms with Crippen molar-refractivity contribution in [2.75, 3.05) is 90.6 Å². The zero-order valence-electron chi connectivity index (χ0n) is 31.1. The quantitative estimate of drug-likeness (QED) is 0.156. The van der Waals surface area contributed by atoms with Crippen molar-refractivity contribution in [1.29, 1.82) is 0 Å². The Kier molecular flexibility index (Phi) is 12.6. The first-order valence-electron chi connectivity index (χ1n) is 18.1. The second kappa shape index (κ2) is 17.9. The van der Waals surface area contributed by atoms with Crippen molar-refractivity contribution >= 4 is 23.2 Å². The Hall–Kier alpha value is -5.42. The Morgan fingerprint density at radius 1 is 0.491 bits per heavy atom. The first-order chi connectivity index (χ1) is 25.9. The molecule has 2 unspecified atom stereocenters. The molecule has 4 aromatic carbocycles. The standard InChI is InChI=1S/C42H50N4O7/c1-49-35-23-33(24-36(27-35)50-2)43-15-19-45(20-16-43)41(47)29-39(31-11-7-5-8-12-31)53-40(32-13-9-6-10-14-32)30-42(48)46-21-17-44(18-22-46)34-25-37(51-3)28-38(26-34)52-4/h5-14,23-28,39-40H,15-22,29-30H2,1-4H3. The monoisotopic (exact) mass is 722 g/mol. The summed E-state index contributed by atoms with van der Waals surface area (Å²) in [5.74, 6) is 2.94. The van der Waals surface area contributed by atoms with Crippen molar-refractivity contribution in [3.05, 3.63) is 108 Å². The second-order valence-electron chi connectivity index (χ2n) is 13.2. The van der Waals surface area contributed by atoms with Crippen molar-refractivity contribution in [3.63, 3.8) is 0 Å². The number of ether oxygens (including phenoxy) is 5. The number of methoxy groups -OCH3 is 4. The summed E-state index contributed by atoms with van der Waals surface area (Å²) >= 11 is 0. The largest absolute Gasteiger partial charge is 0.497 e. The molecule has 0 radical (unpaired) electrons. The summed E-state index contributed by atoms with van der Waals surface area (Å²) in [6, 6.07) is 31.3. The first-order valence-corrected chi connectivity index (χ1v) is 18.1. The van der Waals surface area contributed by atoms with E-state index >= 15 is 0 Å². The molecule has 2 aliphatic rings. The number of benzene rings is 4. The van der Waals surface area contributed by atoms with Gasteiger partial charge in [-0.05, 0) is 11.1 Å². The number of piperazine rings is 2. The molecule has 11 nitrogen and oxygen atoms in total. The van der Waals surface area contributed by atoms with E-state index in [0.29, 0.717) is 52.4 Å². The Bertz CT molecular complexity index is 1620. The molecule has 2 fully saturated rings. The van der Waals surface area contributed by atoms with Gasteiger partial charge in [-0.25, -0.2) is 0 Å². The van der Waals surface area contributed by atoms with Gasteiger partial charge in [0.15, 0.2) is 0 Å². The third kappa shape index (κ3) is 9.53. The molecule has 6 rings (SSSR count). The highest BCUT2D eigenvalue weighted by atomic mass is 16.5. The second-order valence-corrected chi connectivity index (χ2v) is 13.2. The summed E-state index contributed by atoms with van der Waals surface area (Å²) in [7, 11) is 6.56. The fourth-order valence-electron chi connectivity index (χ4n) is 6.98. The van der Waals surface area contributed by atoms with Crippen LogP contribution in [0.25, 0.3) is 0 Å².